The monoisotopic (exact) mass is 169 g/mol. The molecule has 0 N–H and O–H groups in total. The highest BCUT2D eigenvalue weighted by molar-refractivity contribution is 4.82. The minimum Gasteiger partial charge on any atom is -0.303 e. The molecule has 12 heavy (non-hydrogen) atoms. The summed E-state index contributed by atoms with van der Waals surface area (Å²) in [4.78, 5) is 2.51. The van der Waals surface area contributed by atoms with Gasteiger partial charge in [-0.05, 0) is 45.2 Å². The summed E-state index contributed by atoms with van der Waals surface area (Å²) >= 11 is 0. The van der Waals surface area contributed by atoms with E-state index in [0.717, 1.165) is 17.9 Å². The number of nitrogens with zero attached hydrogens (tertiary/aromatic N) is 1. The Labute approximate surface area is 77.1 Å². The van der Waals surface area contributed by atoms with E-state index in [1.165, 1.54) is 25.8 Å². The summed E-state index contributed by atoms with van der Waals surface area (Å²) in [7, 11) is 2.26. The molecule has 0 aliphatic carbocycles. The summed E-state index contributed by atoms with van der Waals surface area (Å²) in [6.07, 6.45) is 4.14. The highest BCUT2D eigenvalue weighted by Gasteiger charge is 2.29. The minimum absolute atomic E-state index is 0.800. The van der Waals surface area contributed by atoms with E-state index in [9.17, 15) is 0 Å². The molecule has 0 aromatic carbocycles. The number of rotatable bonds is 2. The number of piperidine rings is 1. The third-order valence-corrected chi connectivity index (χ3v) is 3.60. The van der Waals surface area contributed by atoms with E-state index in [-0.39, 0.29) is 0 Å². The second kappa shape index (κ2) is 4.27. The molecule has 0 bridgehead atoms. The van der Waals surface area contributed by atoms with Crippen molar-refractivity contribution >= 4 is 0 Å². The van der Waals surface area contributed by atoms with Gasteiger partial charge in [-0.2, -0.15) is 0 Å². The molecule has 0 radical (unpaired) electrons. The molecule has 1 rings (SSSR count). The van der Waals surface area contributed by atoms with Crippen molar-refractivity contribution in [2.75, 3.05) is 13.6 Å². The van der Waals surface area contributed by atoms with Crippen molar-refractivity contribution in [1.29, 1.82) is 0 Å². The molecule has 0 aromatic rings. The molecule has 1 saturated heterocycles. The van der Waals surface area contributed by atoms with Crippen LogP contribution in [0.15, 0.2) is 0 Å². The quantitative estimate of drug-likeness (QED) is 0.614. The van der Waals surface area contributed by atoms with Crippen LogP contribution in [-0.4, -0.2) is 24.5 Å². The Kier molecular flexibility index (Phi) is 3.57. The van der Waals surface area contributed by atoms with Crippen LogP contribution in [0.5, 0.6) is 0 Å². The average Bonchev–Trinajstić information content (AvgIpc) is 2.06. The molecule has 0 amide bonds. The Morgan fingerprint density at radius 2 is 2.00 bits per heavy atom. The highest BCUT2D eigenvalue weighted by atomic mass is 15.1. The molecule has 72 valence electrons. The zero-order chi connectivity index (χ0) is 9.14. The first-order valence-corrected chi connectivity index (χ1v) is 5.37. The van der Waals surface area contributed by atoms with Crippen LogP contribution in [0.2, 0.25) is 0 Å². The van der Waals surface area contributed by atoms with E-state index < -0.39 is 0 Å². The second-order valence-electron chi connectivity index (χ2n) is 4.44. The van der Waals surface area contributed by atoms with Crippen molar-refractivity contribution in [3.63, 3.8) is 0 Å². The molecular weight excluding hydrogens is 146 g/mol. The van der Waals surface area contributed by atoms with Crippen LogP contribution in [0, 0.1) is 11.8 Å². The Morgan fingerprint density at radius 1 is 1.33 bits per heavy atom. The number of hydrogen-bond acceptors (Lipinski definition) is 1. The lowest BCUT2D eigenvalue weighted by Crippen LogP contribution is -2.44. The fraction of sp³-hybridized carbons (Fsp3) is 1.00. The largest absolute Gasteiger partial charge is 0.303 e. The van der Waals surface area contributed by atoms with E-state index in [1.54, 1.807) is 0 Å². The molecule has 3 unspecified atom stereocenters. The molecule has 1 fully saturated rings. The van der Waals surface area contributed by atoms with Crippen LogP contribution in [0.4, 0.5) is 0 Å². The molecule has 0 aromatic heterocycles. The zero-order valence-corrected chi connectivity index (χ0v) is 9.01. The standard InChI is InChI=1S/C11H23N/c1-5-6-11-9(2)7-8-12(4)10(11)3/h9-11H,5-8H2,1-4H3. The molecular formula is C11H23N. The number of likely N-dealkylation sites (tertiary alicyclic amines) is 1. The van der Waals surface area contributed by atoms with Gasteiger partial charge in [-0.1, -0.05) is 20.3 Å². The maximum absolute atomic E-state index is 2.51. The van der Waals surface area contributed by atoms with Gasteiger partial charge in [0, 0.05) is 6.04 Å². The van der Waals surface area contributed by atoms with Crippen molar-refractivity contribution in [3.05, 3.63) is 0 Å². The van der Waals surface area contributed by atoms with Crippen molar-refractivity contribution in [3.8, 4) is 0 Å². The summed E-state index contributed by atoms with van der Waals surface area (Å²) in [6, 6.07) is 0.800. The summed E-state index contributed by atoms with van der Waals surface area (Å²) in [6.45, 7) is 8.40. The molecule has 1 heteroatoms. The Hall–Kier alpha value is -0.0400. The Balaban J connectivity index is 2.52. The van der Waals surface area contributed by atoms with Gasteiger partial charge < -0.3 is 4.90 Å². The highest BCUT2D eigenvalue weighted by Crippen LogP contribution is 2.30. The predicted octanol–water partition coefficient (Wildman–Crippen LogP) is 2.76. The first-order chi connectivity index (χ1) is 5.66. The van der Waals surface area contributed by atoms with Crippen LogP contribution in [0.1, 0.15) is 40.0 Å². The molecule has 1 heterocycles. The van der Waals surface area contributed by atoms with Gasteiger partial charge in [0.15, 0.2) is 0 Å². The van der Waals surface area contributed by atoms with Crippen LogP contribution in [0.3, 0.4) is 0 Å². The summed E-state index contributed by atoms with van der Waals surface area (Å²) in [5.41, 5.74) is 0. The summed E-state index contributed by atoms with van der Waals surface area (Å²) in [5, 5.41) is 0. The third kappa shape index (κ3) is 2.01. The maximum atomic E-state index is 2.51. The maximum Gasteiger partial charge on any atom is 0.00946 e. The average molecular weight is 169 g/mol. The number of hydrogen-bond donors (Lipinski definition) is 0. The SMILES string of the molecule is CCCC1C(C)CCN(C)C1C. The molecule has 3 atom stereocenters. The second-order valence-corrected chi connectivity index (χ2v) is 4.44. The van der Waals surface area contributed by atoms with Gasteiger partial charge in [-0.3, -0.25) is 0 Å². The van der Waals surface area contributed by atoms with E-state index in [1.807, 2.05) is 0 Å². The van der Waals surface area contributed by atoms with Gasteiger partial charge in [-0.25, -0.2) is 0 Å². The van der Waals surface area contributed by atoms with Gasteiger partial charge in [-0.15, -0.1) is 0 Å². The fourth-order valence-electron chi connectivity index (χ4n) is 2.49. The van der Waals surface area contributed by atoms with Gasteiger partial charge in [0.25, 0.3) is 0 Å². The van der Waals surface area contributed by atoms with Crippen molar-refractivity contribution < 1.29 is 0 Å². The van der Waals surface area contributed by atoms with Gasteiger partial charge in [0.05, 0.1) is 0 Å². The lowest BCUT2D eigenvalue weighted by atomic mass is 9.79. The van der Waals surface area contributed by atoms with Crippen molar-refractivity contribution in [2.45, 2.75) is 46.1 Å². The predicted molar refractivity (Wildman–Crippen MR) is 54.3 cm³/mol. The molecule has 1 nitrogen and oxygen atoms in total. The van der Waals surface area contributed by atoms with Crippen LogP contribution in [0.25, 0.3) is 0 Å². The summed E-state index contributed by atoms with van der Waals surface area (Å²) in [5.74, 6) is 1.88. The lowest BCUT2D eigenvalue weighted by Gasteiger charge is -2.41. The first kappa shape index (κ1) is 10.0. The van der Waals surface area contributed by atoms with Crippen LogP contribution >= 0.6 is 0 Å². The van der Waals surface area contributed by atoms with Gasteiger partial charge in [0.2, 0.25) is 0 Å². The smallest absolute Gasteiger partial charge is 0.00946 e. The van der Waals surface area contributed by atoms with E-state index in [4.69, 9.17) is 0 Å². The first-order valence-electron chi connectivity index (χ1n) is 5.37. The Morgan fingerprint density at radius 3 is 2.58 bits per heavy atom. The molecule has 0 saturated carbocycles. The van der Waals surface area contributed by atoms with Crippen LogP contribution in [-0.2, 0) is 0 Å². The van der Waals surface area contributed by atoms with E-state index in [2.05, 4.69) is 32.7 Å². The summed E-state index contributed by atoms with van der Waals surface area (Å²) < 4.78 is 0. The molecule has 1 aliphatic heterocycles. The normalized spacial score (nSPS) is 38.5. The molecule has 1 aliphatic rings. The van der Waals surface area contributed by atoms with Gasteiger partial charge in [0.1, 0.15) is 0 Å². The topological polar surface area (TPSA) is 3.24 Å². The van der Waals surface area contributed by atoms with E-state index in [0.29, 0.717) is 0 Å². The van der Waals surface area contributed by atoms with Crippen molar-refractivity contribution in [2.24, 2.45) is 11.8 Å². The molecule has 0 spiro atoms. The van der Waals surface area contributed by atoms with E-state index >= 15 is 0 Å². The fourth-order valence-corrected chi connectivity index (χ4v) is 2.49. The lowest BCUT2D eigenvalue weighted by molar-refractivity contribution is 0.0822. The third-order valence-electron chi connectivity index (χ3n) is 3.60. The van der Waals surface area contributed by atoms with Gasteiger partial charge >= 0.3 is 0 Å². The van der Waals surface area contributed by atoms with Crippen molar-refractivity contribution in [1.82, 2.24) is 4.90 Å². The zero-order valence-electron chi connectivity index (χ0n) is 9.01. The Bertz CT molecular complexity index is 133. The minimum atomic E-state index is 0.800. The van der Waals surface area contributed by atoms with Crippen LogP contribution < -0.4 is 0 Å².